The predicted molar refractivity (Wildman–Crippen MR) is 69.5 cm³/mol. The molecule has 0 bridgehead atoms. The van der Waals surface area contributed by atoms with Crippen LogP contribution < -0.4 is 10.6 Å². The Hall–Kier alpha value is -2.05. The summed E-state index contributed by atoms with van der Waals surface area (Å²) in [4.78, 5) is 23.0. The van der Waals surface area contributed by atoms with Crippen LogP contribution in [0.4, 0.5) is 4.79 Å². The highest BCUT2D eigenvalue weighted by atomic mass is 16.4. The number of carboxylic acid groups (broad SMARTS) is 1. The number of hydrogen-bond acceptors (Lipinski definition) is 3. The molecule has 0 aromatic carbocycles. The lowest BCUT2D eigenvalue weighted by Crippen LogP contribution is -2.56. The molecule has 106 valence electrons. The molecule has 0 radical (unpaired) electrons. The Morgan fingerprint density at radius 3 is 2.47 bits per heavy atom. The highest BCUT2D eigenvalue weighted by molar-refractivity contribution is 5.86. The second kappa shape index (κ2) is 6.21. The lowest BCUT2D eigenvalue weighted by atomic mass is 9.93. The van der Waals surface area contributed by atoms with Crippen LogP contribution in [0.25, 0.3) is 0 Å². The Morgan fingerprint density at radius 1 is 1.42 bits per heavy atom. The topological polar surface area (TPSA) is 96.3 Å². The first kappa shape index (κ1) is 15.0. The minimum absolute atomic E-state index is 0.308. The lowest BCUT2D eigenvalue weighted by Gasteiger charge is -2.27. The van der Waals surface area contributed by atoms with Crippen LogP contribution in [0, 0.1) is 0 Å². The minimum atomic E-state index is -1.21. The van der Waals surface area contributed by atoms with E-state index in [9.17, 15) is 14.7 Å². The maximum atomic E-state index is 11.7. The number of aliphatic carboxylic acids is 1. The van der Waals surface area contributed by atoms with Gasteiger partial charge in [0.1, 0.15) is 5.54 Å². The Balaban J connectivity index is 2.56. The number of hydrogen-bond donors (Lipinski definition) is 3. The second-order valence-electron chi connectivity index (χ2n) is 4.42. The Labute approximate surface area is 112 Å². The van der Waals surface area contributed by atoms with E-state index in [1.807, 2.05) is 0 Å². The van der Waals surface area contributed by atoms with E-state index >= 15 is 0 Å². The van der Waals surface area contributed by atoms with Gasteiger partial charge in [-0.05, 0) is 12.8 Å². The first-order valence-corrected chi connectivity index (χ1v) is 6.20. The van der Waals surface area contributed by atoms with Crippen LogP contribution in [0.15, 0.2) is 12.4 Å². The number of rotatable bonds is 6. The molecule has 0 aliphatic heterocycles. The Morgan fingerprint density at radius 2 is 2.05 bits per heavy atom. The zero-order valence-corrected chi connectivity index (χ0v) is 11.4. The molecule has 0 fully saturated rings. The van der Waals surface area contributed by atoms with Crippen molar-refractivity contribution in [2.75, 3.05) is 0 Å². The number of amides is 2. The molecule has 1 heterocycles. The molecule has 0 unspecified atom stereocenters. The van der Waals surface area contributed by atoms with E-state index in [-0.39, 0.29) is 0 Å². The predicted octanol–water partition coefficient (Wildman–Crippen LogP) is 0.863. The van der Waals surface area contributed by atoms with Crippen molar-refractivity contribution < 1.29 is 14.7 Å². The van der Waals surface area contributed by atoms with Crippen molar-refractivity contribution in [3.05, 3.63) is 18.0 Å². The molecular formula is C12H20N4O3. The molecule has 0 saturated carbocycles. The van der Waals surface area contributed by atoms with Gasteiger partial charge in [0.2, 0.25) is 0 Å². The van der Waals surface area contributed by atoms with Crippen molar-refractivity contribution in [3.8, 4) is 0 Å². The largest absolute Gasteiger partial charge is 0.480 e. The Bertz CT molecular complexity index is 452. The fourth-order valence-electron chi connectivity index (χ4n) is 1.79. The summed E-state index contributed by atoms with van der Waals surface area (Å²) >= 11 is 0. The number of urea groups is 1. The fraction of sp³-hybridized carbons (Fsp3) is 0.583. The molecule has 0 saturated heterocycles. The van der Waals surface area contributed by atoms with E-state index in [0.717, 1.165) is 5.56 Å². The van der Waals surface area contributed by atoms with Gasteiger partial charge < -0.3 is 15.7 Å². The average Bonchev–Trinajstić information content (AvgIpc) is 2.79. The standard InChI is InChI=1S/C12H20N4O3/c1-4-12(5-2,10(17)18)15-11(19)13-6-9-7-14-16(3)8-9/h7-8H,4-6H2,1-3H3,(H,17,18)(H2,13,15,19). The van der Waals surface area contributed by atoms with Gasteiger partial charge in [-0.3, -0.25) is 4.68 Å². The molecule has 1 aromatic heterocycles. The van der Waals surface area contributed by atoms with Crippen molar-refractivity contribution >= 4 is 12.0 Å². The summed E-state index contributed by atoms with van der Waals surface area (Å²) in [5.74, 6) is -1.02. The van der Waals surface area contributed by atoms with Gasteiger partial charge in [-0.25, -0.2) is 9.59 Å². The van der Waals surface area contributed by atoms with Crippen molar-refractivity contribution in [2.45, 2.75) is 38.8 Å². The third kappa shape index (κ3) is 3.70. The van der Waals surface area contributed by atoms with Gasteiger partial charge >= 0.3 is 12.0 Å². The van der Waals surface area contributed by atoms with E-state index in [1.165, 1.54) is 0 Å². The van der Waals surface area contributed by atoms with Crippen LogP contribution >= 0.6 is 0 Å². The third-order valence-electron chi connectivity index (χ3n) is 3.18. The van der Waals surface area contributed by atoms with Crippen LogP contribution in [0.3, 0.4) is 0 Å². The van der Waals surface area contributed by atoms with Gasteiger partial charge in [0.05, 0.1) is 6.20 Å². The molecule has 0 aliphatic carbocycles. The Kier molecular flexibility index (Phi) is 4.91. The molecule has 3 N–H and O–H groups in total. The summed E-state index contributed by atoms with van der Waals surface area (Å²) < 4.78 is 1.63. The zero-order valence-electron chi connectivity index (χ0n) is 11.4. The SMILES string of the molecule is CCC(CC)(NC(=O)NCc1cnn(C)c1)C(=O)O. The molecule has 0 atom stereocenters. The first-order chi connectivity index (χ1) is 8.93. The third-order valence-corrected chi connectivity index (χ3v) is 3.18. The fourth-order valence-corrected chi connectivity index (χ4v) is 1.79. The maximum absolute atomic E-state index is 11.7. The normalized spacial score (nSPS) is 11.1. The molecule has 19 heavy (non-hydrogen) atoms. The number of nitrogens with zero attached hydrogens (tertiary/aromatic N) is 2. The molecule has 1 rings (SSSR count). The van der Waals surface area contributed by atoms with Gasteiger partial charge in [-0.15, -0.1) is 0 Å². The number of aromatic nitrogens is 2. The molecule has 0 spiro atoms. The number of nitrogens with one attached hydrogen (secondary N) is 2. The monoisotopic (exact) mass is 268 g/mol. The summed E-state index contributed by atoms with van der Waals surface area (Å²) in [6.45, 7) is 3.78. The van der Waals surface area contributed by atoms with Gasteiger partial charge in [0, 0.05) is 25.4 Å². The number of carbonyl (C=O) groups is 2. The molecule has 7 heteroatoms. The highest BCUT2D eigenvalue weighted by Gasteiger charge is 2.36. The molecule has 2 amide bonds. The molecule has 7 nitrogen and oxygen atoms in total. The van der Waals surface area contributed by atoms with E-state index in [4.69, 9.17) is 0 Å². The van der Waals surface area contributed by atoms with Crippen LogP contribution in [0.2, 0.25) is 0 Å². The average molecular weight is 268 g/mol. The molecular weight excluding hydrogens is 248 g/mol. The van der Waals surface area contributed by atoms with Crippen LogP contribution in [-0.4, -0.2) is 32.4 Å². The van der Waals surface area contributed by atoms with Crippen molar-refractivity contribution in [1.29, 1.82) is 0 Å². The van der Waals surface area contributed by atoms with Crippen LogP contribution in [0.5, 0.6) is 0 Å². The summed E-state index contributed by atoms with van der Waals surface area (Å²) in [6.07, 6.45) is 4.09. The maximum Gasteiger partial charge on any atom is 0.329 e. The van der Waals surface area contributed by atoms with Crippen LogP contribution in [0.1, 0.15) is 32.3 Å². The number of carboxylic acids is 1. The first-order valence-electron chi connectivity index (χ1n) is 6.20. The van der Waals surface area contributed by atoms with Crippen molar-refractivity contribution in [3.63, 3.8) is 0 Å². The van der Waals surface area contributed by atoms with E-state index in [0.29, 0.717) is 19.4 Å². The number of carbonyl (C=O) groups excluding carboxylic acids is 1. The van der Waals surface area contributed by atoms with Gasteiger partial charge in [0.25, 0.3) is 0 Å². The minimum Gasteiger partial charge on any atom is -0.480 e. The van der Waals surface area contributed by atoms with E-state index in [2.05, 4.69) is 15.7 Å². The lowest BCUT2D eigenvalue weighted by molar-refractivity contribution is -0.144. The van der Waals surface area contributed by atoms with Crippen molar-refractivity contribution in [2.24, 2.45) is 7.05 Å². The van der Waals surface area contributed by atoms with Gasteiger partial charge in [-0.1, -0.05) is 13.8 Å². The summed E-state index contributed by atoms with van der Waals surface area (Å²) in [5.41, 5.74) is -0.356. The van der Waals surface area contributed by atoms with Crippen molar-refractivity contribution in [1.82, 2.24) is 20.4 Å². The van der Waals surface area contributed by atoms with E-state index < -0.39 is 17.5 Å². The zero-order chi connectivity index (χ0) is 14.5. The summed E-state index contributed by atoms with van der Waals surface area (Å²) in [5, 5.41) is 18.3. The molecule has 1 aromatic rings. The summed E-state index contributed by atoms with van der Waals surface area (Å²) in [7, 11) is 1.78. The number of aryl methyl sites for hydroxylation is 1. The second-order valence-corrected chi connectivity index (χ2v) is 4.42. The molecule has 0 aliphatic rings. The highest BCUT2D eigenvalue weighted by Crippen LogP contribution is 2.15. The quantitative estimate of drug-likeness (QED) is 0.713. The smallest absolute Gasteiger partial charge is 0.329 e. The van der Waals surface area contributed by atoms with Crippen LogP contribution in [-0.2, 0) is 18.4 Å². The van der Waals surface area contributed by atoms with E-state index in [1.54, 1.807) is 38.0 Å². The van der Waals surface area contributed by atoms with Gasteiger partial charge in [0.15, 0.2) is 0 Å². The summed E-state index contributed by atoms with van der Waals surface area (Å²) in [6, 6.07) is -0.491. The van der Waals surface area contributed by atoms with Gasteiger partial charge in [-0.2, -0.15) is 5.10 Å².